The SMILES string of the molecule is CC(=O)Nc1cc(N=Nc2snc3c(C#N)cncc23)ccc1O. The highest BCUT2D eigenvalue weighted by atomic mass is 32.1. The van der Waals surface area contributed by atoms with Crippen molar-refractivity contribution in [2.75, 3.05) is 5.32 Å². The third-order valence-electron chi connectivity index (χ3n) is 3.04. The molecule has 0 radical (unpaired) electrons. The molecule has 0 aliphatic rings. The first kappa shape index (κ1) is 15.5. The quantitative estimate of drug-likeness (QED) is 0.557. The van der Waals surface area contributed by atoms with Crippen LogP contribution in [0.2, 0.25) is 0 Å². The lowest BCUT2D eigenvalue weighted by Crippen LogP contribution is -2.05. The zero-order chi connectivity index (χ0) is 17.1. The fourth-order valence-electron chi connectivity index (χ4n) is 1.98. The van der Waals surface area contributed by atoms with E-state index in [0.29, 0.717) is 27.2 Å². The molecule has 0 aliphatic carbocycles. The number of amides is 1. The highest BCUT2D eigenvalue weighted by Gasteiger charge is 2.10. The molecule has 0 bridgehead atoms. The third-order valence-corrected chi connectivity index (χ3v) is 3.79. The van der Waals surface area contributed by atoms with Crippen LogP contribution < -0.4 is 5.32 Å². The van der Waals surface area contributed by atoms with Crippen molar-refractivity contribution < 1.29 is 9.90 Å². The maximum absolute atomic E-state index is 11.1. The lowest BCUT2D eigenvalue weighted by molar-refractivity contribution is -0.114. The molecule has 0 spiro atoms. The van der Waals surface area contributed by atoms with Gasteiger partial charge in [-0.2, -0.15) is 9.64 Å². The number of pyridine rings is 1. The first-order valence-electron chi connectivity index (χ1n) is 6.74. The summed E-state index contributed by atoms with van der Waals surface area (Å²) < 4.78 is 4.20. The van der Waals surface area contributed by atoms with Gasteiger partial charge in [-0.1, -0.05) is 0 Å². The predicted octanol–water partition coefficient (Wildman–Crippen LogP) is 3.64. The summed E-state index contributed by atoms with van der Waals surface area (Å²) in [6, 6.07) is 6.51. The van der Waals surface area contributed by atoms with Gasteiger partial charge in [0.15, 0.2) is 5.00 Å². The van der Waals surface area contributed by atoms with Crippen LogP contribution in [0.5, 0.6) is 5.75 Å². The molecule has 2 aromatic heterocycles. The minimum Gasteiger partial charge on any atom is -0.506 e. The number of carbonyl (C=O) groups excluding carboxylic acids is 1. The predicted molar refractivity (Wildman–Crippen MR) is 88.7 cm³/mol. The van der Waals surface area contributed by atoms with Crippen molar-refractivity contribution in [3.05, 3.63) is 36.2 Å². The zero-order valence-corrected chi connectivity index (χ0v) is 13.2. The lowest BCUT2D eigenvalue weighted by atomic mass is 10.2. The molecule has 2 heterocycles. The van der Waals surface area contributed by atoms with Crippen LogP contribution >= 0.6 is 11.5 Å². The van der Waals surface area contributed by atoms with Gasteiger partial charge in [0, 0.05) is 19.3 Å². The maximum Gasteiger partial charge on any atom is 0.221 e. The molecule has 0 saturated carbocycles. The zero-order valence-electron chi connectivity index (χ0n) is 12.4. The van der Waals surface area contributed by atoms with Gasteiger partial charge in [-0.15, -0.1) is 10.2 Å². The van der Waals surface area contributed by atoms with Crippen LogP contribution in [0.15, 0.2) is 40.8 Å². The second-order valence-electron chi connectivity index (χ2n) is 4.77. The molecule has 3 rings (SSSR count). The van der Waals surface area contributed by atoms with Crippen molar-refractivity contribution in [3.63, 3.8) is 0 Å². The first-order valence-corrected chi connectivity index (χ1v) is 7.51. The average molecular weight is 338 g/mol. The van der Waals surface area contributed by atoms with E-state index in [2.05, 4.69) is 24.9 Å². The number of nitrogens with one attached hydrogen (secondary N) is 1. The van der Waals surface area contributed by atoms with Gasteiger partial charge in [0.1, 0.15) is 17.3 Å². The number of anilines is 1. The molecular weight excluding hydrogens is 328 g/mol. The molecule has 0 fully saturated rings. The minimum atomic E-state index is -0.303. The number of hydrogen-bond donors (Lipinski definition) is 2. The fourth-order valence-corrected chi connectivity index (χ4v) is 2.68. The number of fused-ring (bicyclic) bond motifs is 1. The van der Waals surface area contributed by atoms with Crippen LogP contribution in [-0.4, -0.2) is 20.4 Å². The smallest absolute Gasteiger partial charge is 0.221 e. The summed E-state index contributed by atoms with van der Waals surface area (Å²) in [5, 5.41) is 30.6. The molecule has 1 amide bonds. The number of aromatic nitrogens is 2. The molecule has 0 saturated heterocycles. The van der Waals surface area contributed by atoms with E-state index in [1.54, 1.807) is 12.3 Å². The number of azo groups is 1. The maximum atomic E-state index is 11.1. The largest absolute Gasteiger partial charge is 0.506 e. The van der Waals surface area contributed by atoms with Crippen LogP contribution in [0.3, 0.4) is 0 Å². The number of phenolic OH excluding ortho intramolecular Hbond substituents is 1. The number of nitrogens with zero attached hydrogens (tertiary/aromatic N) is 5. The standard InChI is InChI=1S/C15H10N6O2S/c1-8(22)18-12-4-10(2-3-13(12)23)19-20-15-11-7-17-6-9(5-16)14(11)21-24-15/h2-4,6-7,23H,1H3,(H,18,22). The summed E-state index contributed by atoms with van der Waals surface area (Å²) in [7, 11) is 0. The van der Waals surface area contributed by atoms with Crippen molar-refractivity contribution in [2.24, 2.45) is 10.2 Å². The Kier molecular flexibility index (Phi) is 4.13. The molecule has 8 nitrogen and oxygen atoms in total. The Hall–Kier alpha value is -3.38. The molecule has 0 unspecified atom stereocenters. The number of phenols is 1. The van der Waals surface area contributed by atoms with Gasteiger partial charge in [-0.25, -0.2) is 0 Å². The topological polar surface area (TPSA) is 124 Å². The second kappa shape index (κ2) is 6.39. The Labute approximate surface area is 140 Å². The number of rotatable bonds is 3. The van der Waals surface area contributed by atoms with Gasteiger partial charge >= 0.3 is 0 Å². The summed E-state index contributed by atoms with van der Waals surface area (Å²) in [4.78, 5) is 15.1. The monoisotopic (exact) mass is 338 g/mol. The van der Waals surface area contributed by atoms with E-state index in [4.69, 9.17) is 5.26 Å². The lowest BCUT2D eigenvalue weighted by Gasteiger charge is -2.04. The molecule has 24 heavy (non-hydrogen) atoms. The molecular formula is C15H10N6O2S. The van der Waals surface area contributed by atoms with Crippen molar-refractivity contribution in [3.8, 4) is 11.8 Å². The molecule has 3 aromatic rings. The van der Waals surface area contributed by atoms with Crippen molar-refractivity contribution in [1.82, 2.24) is 9.36 Å². The Balaban J connectivity index is 1.94. The first-order chi connectivity index (χ1) is 11.6. The van der Waals surface area contributed by atoms with Crippen molar-refractivity contribution in [2.45, 2.75) is 6.92 Å². The van der Waals surface area contributed by atoms with E-state index in [-0.39, 0.29) is 17.3 Å². The molecule has 118 valence electrons. The summed E-state index contributed by atoms with van der Waals surface area (Å²) >= 11 is 1.11. The van der Waals surface area contributed by atoms with Crippen molar-refractivity contribution in [1.29, 1.82) is 5.26 Å². The Morgan fingerprint density at radius 3 is 2.96 bits per heavy atom. The number of benzene rings is 1. The van der Waals surface area contributed by atoms with Crippen LogP contribution in [-0.2, 0) is 4.79 Å². The Morgan fingerprint density at radius 1 is 1.38 bits per heavy atom. The summed E-state index contributed by atoms with van der Waals surface area (Å²) in [5.74, 6) is -0.363. The van der Waals surface area contributed by atoms with Crippen molar-refractivity contribution >= 4 is 44.7 Å². The Bertz CT molecular complexity index is 1000. The van der Waals surface area contributed by atoms with E-state index in [9.17, 15) is 9.90 Å². The van der Waals surface area contributed by atoms with E-state index < -0.39 is 0 Å². The van der Waals surface area contributed by atoms with E-state index in [1.807, 2.05) is 6.07 Å². The summed E-state index contributed by atoms with van der Waals surface area (Å²) in [6.45, 7) is 1.34. The van der Waals surface area contributed by atoms with Gasteiger partial charge in [-0.3, -0.25) is 9.78 Å². The molecule has 9 heteroatoms. The normalized spacial score (nSPS) is 10.8. The van der Waals surface area contributed by atoms with E-state index in [0.717, 1.165) is 11.5 Å². The summed E-state index contributed by atoms with van der Waals surface area (Å²) in [6.07, 6.45) is 3.02. The van der Waals surface area contributed by atoms with Crippen LogP contribution in [0.25, 0.3) is 10.9 Å². The molecule has 2 N–H and O–H groups in total. The van der Waals surface area contributed by atoms with Crippen LogP contribution in [0.4, 0.5) is 16.4 Å². The van der Waals surface area contributed by atoms with Gasteiger partial charge in [0.25, 0.3) is 0 Å². The second-order valence-corrected chi connectivity index (χ2v) is 5.52. The highest BCUT2D eigenvalue weighted by Crippen LogP contribution is 2.34. The number of hydrogen-bond acceptors (Lipinski definition) is 8. The Morgan fingerprint density at radius 2 is 2.21 bits per heavy atom. The average Bonchev–Trinajstić information content (AvgIpc) is 2.98. The van der Waals surface area contributed by atoms with Crippen LogP contribution in [0, 0.1) is 11.3 Å². The number of aromatic hydroxyl groups is 1. The fraction of sp³-hybridized carbons (Fsp3) is 0.0667. The highest BCUT2D eigenvalue weighted by molar-refractivity contribution is 7.11. The van der Waals surface area contributed by atoms with Crippen LogP contribution in [0.1, 0.15) is 12.5 Å². The minimum absolute atomic E-state index is 0.0600. The van der Waals surface area contributed by atoms with Gasteiger partial charge in [-0.05, 0) is 29.7 Å². The molecule has 0 aliphatic heterocycles. The van der Waals surface area contributed by atoms with E-state index in [1.165, 1.54) is 25.3 Å². The van der Waals surface area contributed by atoms with Gasteiger partial charge in [0.05, 0.1) is 22.3 Å². The molecule has 0 atom stereocenters. The van der Waals surface area contributed by atoms with E-state index >= 15 is 0 Å². The number of nitriles is 1. The number of carbonyl (C=O) groups is 1. The van der Waals surface area contributed by atoms with Gasteiger partial charge in [0.2, 0.25) is 5.91 Å². The third kappa shape index (κ3) is 3.04. The summed E-state index contributed by atoms with van der Waals surface area (Å²) in [5.41, 5.74) is 1.61. The van der Waals surface area contributed by atoms with Gasteiger partial charge < -0.3 is 10.4 Å². The molecule has 1 aromatic carbocycles.